The van der Waals surface area contributed by atoms with Gasteiger partial charge in [0.1, 0.15) is 12.5 Å². The van der Waals surface area contributed by atoms with Crippen molar-refractivity contribution in [3.05, 3.63) is 46.5 Å². The Labute approximate surface area is 108 Å². The first-order chi connectivity index (χ1) is 8.15. The SMILES string of the molecule is C=CCOC(=O)C1Cc2cccc(Br)c2C1=O. The molecule has 0 saturated carbocycles. The first-order valence-corrected chi connectivity index (χ1v) is 6.03. The van der Waals surface area contributed by atoms with E-state index in [0.717, 1.165) is 10.0 Å². The summed E-state index contributed by atoms with van der Waals surface area (Å²) in [6.07, 6.45) is 1.91. The summed E-state index contributed by atoms with van der Waals surface area (Å²) in [5, 5.41) is 0. The van der Waals surface area contributed by atoms with Gasteiger partial charge in [-0.2, -0.15) is 0 Å². The Morgan fingerprint density at radius 1 is 1.59 bits per heavy atom. The van der Waals surface area contributed by atoms with Gasteiger partial charge in [0, 0.05) is 10.0 Å². The predicted octanol–water partition coefficient (Wildman–Crippen LogP) is 2.53. The van der Waals surface area contributed by atoms with Crippen molar-refractivity contribution in [3.8, 4) is 0 Å². The molecule has 2 rings (SSSR count). The maximum absolute atomic E-state index is 12.1. The highest BCUT2D eigenvalue weighted by atomic mass is 79.9. The molecule has 88 valence electrons. The summed E-state index contributed by atoms with van der Waals surface area (Å²) in [4.78, 5) is 23.8. The van der Waals surface area contributed by atoms with Crippen LogP contribution >= 0.6 is 15.9 Å². The standard InChI is InChI=1S/C13H11BrO3/c1-2-6-17-13(16)9-7-8-4-3-5-10(14)11(8)12(9)15/h2-5,9H,1,6-7H2. The van der Waals surface area contributed by atoms with Gasteiger partial charge in [0.15, 0.2) is 5.78 Å². The van der Waals surface area contributed by atoms with E-state index in [9.17, 15) is 9.59 Å². The molecule has 1 unspecified atom stereocenters. The van der Waals surface area contributed by atoms with E-state index >= 15 is 0 Å². The Kier molecular flexibility index (Phi) is 3.43. The predicted molar refractivity (Wildman–Crippen MR) is 66.8 cm³/mol. The topological polar surface area (TPSA) is 43.4 Å². The van der Waals surface area contributed by atoms with Crippen LogP contribution in [0, 0.1) is 5.92 Å². The van der Waals surface area contributed by atoms with Crippen molar-refractivity contribution in [1.82, 2.24) is 0 Å². The van der Waals surface area contributed by atoms with Gasteiger partial charge in [0.25, 0.3) is 0 Å². The molecule has 0 heterocycles. The summed E-state index contributed by atoms with van der Waals surface area (Å²) in [6.45, 7) is 3.60. The van der Waals surface area contributed by atoms with Crippen molar-refractivity contribution >= 4 is 27.7 Å². The Morgan fingerprint density at radius 3 is 3.00 bits per heavy atom. The monoisotopic (exact) mass is 294 g/mol. The second kappa shape index (κ2) is 4.84. The van der Waals surface area contributed by atoms with Gasteiger partial charge in [-0.25, -0.2) is 0 Å². The average Bonchev–Trinajstić information content (AvgIpc) is 2.65. The molecule has 17 heavy (non-hydrogen) atoms. The van der Waals surface area contributed by atoms with Crippen LogP contribution in [-0.4, -0.2) is 18.4 Å². The molecular formula is C13H11BrO3. The molecule has 3 nitrogen and oxygen atoms in total. The van der Waals surface area contributed by atoms with Gasteiger partial charge in [-0.3, -0.25) is 9.59 Å². The molecule has 0 radical (unpaired) electrons. The molecule has 1 aliphatic carbocycles. The van der Waals surface area contributed by atoms with Crippen molar-refractivity contribution < 1.29 is 14.3 Å². The number of esters is 1. The molecule has 1 aromatic carbocycles. The van der Waals surface area contributed by atoms with E-state index < -0.39 is 11.9 Å². The van der Waals surface area contributed by atoms with Crippen LogP contribution in [0.3, 0.4) is 0 Å². The van der Waals surface area contributed by atoms with Crippen LogP contribution in [0.5, 0.6) is 0 Å². The number of halogens is 1. The van der Waals surface area contributed by atoms with Crippen molar-refractivity contribution in [2.45, 2.75) is 6.42 Å². The summed E-state index contributed by atoms with van der Waals surface area (Å²) < 4.78 is 5.66. The number of carbonyl (C=O) groups excluding carboxylic acids is 2. The molecule has 0 aliphatic heterocycles. The lowest BCUT2D eigenvalue weighted by molar-refractivity contribution is -0.145. The average molecular weight is 295 g/mol. The smallest absolute Gasteiger partial charge is 0.317 e. The number of ether oxygens (including phenoxy) is 1. The van der Waals surface area contributed by atoms with Crippen LogP contribution in [0.2, 0.25) is 0 Å². The summed E-state index contributed by atoms with van der Waals surface area (Å²) in [7, 11) is 0. The fourth-order valence-electron chi connectivity index (χ4n) is 1.93. The minimum atomic E-state index is -0.705. The highest BCUT2D eigenvalue weighted by Gasteiger charge is 2.37. The minimum Gasteiger partial charge on any atom is -0.461 e. The molecule has 0 spiro atoms. The second-order valence-corrected chi connectivity index (χ2v) is 4.67. The fraction of sp³-hybridized carbons (Fsp3) is 0.231. The van der Waals surface area contributed by atoms with E-state index in [-0.39, 0.29) is 12.4 Å². The number of ketones is 1. The molecule has 1 aliphatic rings. The van der Waals surface area contributed by atoms with E-state index in [1.807, 2.05) is 12.1 Å². The van der Waals surface area contributed by atoms with Crippen LogP contribution in [-0.2, 0) is 16.0 Å². The highest BCUT2D eigenvalue weighted by Crippen LogP contribution is 2.32. The molecule has 0 aromatic heterocycles. The first kappa shape index (κ1) is 12.0. The second-order valence-electron chi connectivity index (χ2n) is 3.81. The van der Waals surface area contributed by atoms with Gasteiger partial charge in [-0.15, -0.1) is 0 Å². The molecule has 0 bridgehead atoms. The number of benzene rings is 1. The Bertz CT molecular complexity index is 493. The number of Topliss-reactive ketones (excluding diaryl/α,β-unsaturated/α-hetero) is 1. The van der Waals surface area contributed by atoms with Crippen LogP contribution in [0.15, 0.2) is 35.3 Å². The molecule has 0 saturated heterocycles. The van der Waals surface area contributed by atoms with E-state index in [1.165, 1.54) is 6.08 Å². The van der Waals surface area contributed by atoms with E-state index in [4.69, 9.17) is 4.74 Å². The molecule has 0 fully saturated rings. The van der Waals surface area contributed by atoms with Crippen molar-refractivity contribution in [2.24, 2.45) is 5.92 Å². The summed E-state index contributed by atoms with van der Waals surface area (Å²) in [5.74, 6) is -1.34. The maximum atomic E-state index is 12.1. The van der Waals surface area contributed by atoms with Crippen LogP contribution < -0.4 is 0 Å². The number of hydrogen-bond donors (Lipinski definition) is 0. The van der Waals surface area contributed by atoms with Crippen molar-refractivity contribution in [3.63, 3.8) is 0 Å². The molecule has 1 aromatic rings. The van der Waals surface area contributed by atoms with Gasteiger partial charge in [-0.05, 0) is 18.1 Å². The molecule has 4 heteroatoms. The van der Waals surface area contributed by atoms with Crippen molar-refractivity contribution in [2.75, 3.05) is 6.61 Å². The zero-order valence-corrected chi connectivity index (χ0v) is 10.7. The third-order valence-corrected chi connectivity index (χ3v) is 3.38. The van der Waals surface area contributed by atoms with E-state index in [1.54, 1.807) is 6.07 Å². The zero-order valence-electron chi connectivity index (χ0n) is 9.11. The minimum absolute atomic E-state index is 0.139. The number of fused-ring (bicyclic) bond motifs is 1. The van der Waals surface area contributed by atoms with Crippen LogP contribution in [0.4, 0.5) is 0 Å². The lowest BCUT2D eigenvalue weighted by Crippen LogP contribution is -2.23. The van der Waals surface area contributed by atoms with Gasteiger partial charge >= 0.3 is 5.97 Å². The molecule has 0 amide bonds. The summed E-state index contributed by atoms with van der Waals surface area (Å²) >= 11 is 3.33. The molecule has 1 atom stereocenters. The summed E-state index contributed by atoms with van der Waals surface area (Å²) in [6, 6.07) is 5.51. The zero-order chi connectivity index (χ0) is 12.4. The Balaban J connectivity index is 2.23. The third kappa shape index (κ3) is 2.17. The number of hydrogen-bond acceptors (Lipinski definition) is 3. The Morgan fingerprint density at radius 2 is 2.35 bits per heavy atom. The van der Waals surface area contributed by atoms with Gasteiger partial charge in [0.2, 0.25) is 0 Å². The lowest BCUT2D eigenvalue weighted by atomic mass is 10.1. The quantitative estimate of drug-likeness (QED) is 0.489. The Hall–Kier alpha value is -1.42. The molecule has 0 N–H and O–H groups in total. The van der Waals surface area contributed by atoms with Gasteiger partial charge in [0.05, 0.1) is 0 Å². The van der Waals surface area contributed by atoms with Crippen molar-refractivity contribution in [1.29, 1.82) is 0 Å². The summed E-state index contributed by atoms with van der Waals surface area (Å²) in [5.41, 5.74) is 1.50. The normalized spacial score (nSPS) is 17.7. The van der Waals surface area contributed by atoms with Gasteiger partial charge in [-0.1, -0.05) is 40.7 Å². The first-order valence-electron chi connectivity index (χ1n) is 5.24. The van der Waals surface area contributed by atoms with Gasteiger partial charge < -0.3 is 4.74 Å². The lowest BCUT2D eigenvalue weighted by Gasteiger charge is -2.06. The van der Waals surface area contributed by atoms with E-state index in [2.05, 4.69) is 22.5 Å². The number of rotatable bonds is 3. The fourth-order valence-corrected chi connectivity index (χ4v) is 2.54. The van der Waals surface area contributed by atoms with Crippen LogP contribution in [0.1, 0.15) is 15.9 Å². The van der Waals surface area contributed by atoms with Crippen LogP contribution in [0.25, 0.3) is 0 Å². The highest BCUT2D eigenvalue weighted by molar-refractivity contribution is 9.10. The molecular weight excluding hydrogens is 284 g/mol. The maximum Gasteiger partial charge on any atom is 0.317 e. The largest absolute Gasteiger partial charge is 0.461 e. The number of carbonyl (C=O) groups is 2. The third-order valence-electron chi connectivity index (χ3n) is 2.71. The van der Waals surface area contributed by atoms with E-state index in [0.29, 0.717) is 12.0 Å².